The fraction of sp³-hybridized carbons (Fsp3) is 0.129. The number of benzene rings is 3. The number of non-ortho nitro benzene ring substituents is 2. The summed E-state index contributed by atoms with van der Waals surface area (Å²) < 4.78 is 8.37. The van der Waals surface area contributed by atoms with Crippen LogP contribution in [0.5, 0.6) is 0 Å². The van der Waals surface area contributed by atoms with Crippen LogP contribution in [0.4, 0.5) is 17.1 Å². The molecule has 3 aromatic rings. The van der Waals surface area contributed by atoms with Crippen molar-refractivity contribution in [3.05, 3.63) is 146 Å². The third-order valence-electron chi connectivity index (χ3n) is 7.04. The van der Waals surface area contributed by atoms with Crippen molar-refractivity contribution >= 4 is 34.1 Å². The molecule has 0 fully saturated rings. The zero-order chi connectivity index (χ0) is 27.7. The van der Waals surface area contributed by atoms with Gasteiger partial charge in [-0.1, -0.05) is 24.3 Å². The van der Waals surface area contributed by atoms with E-state index in [4.69, 9.17) is 4.74 Å². The highest BCUT2D eigenvalue weighted by molar-refractivity contribution is 6.03. The zero-order valence-corrected chi connectivity index (χ0v) is 21.7. The molecule has 0 radical (unpaired) electrons. The van der Waals surface area contributed by atoms with E-state index >= 15 is 0 Å². The Morgan fingerprint density at radius 2 is 1.41 bits per heavy atom. The Labute approximate surface area is 225 Å². The van der Waals surface area contributed by atoms with Gasteiger partial charge >= 0.3 is 0 Å². The first-order valence-electron chi connectivity index (χ1n) is 12.3. The van der Waals surface area contributed by atoms with E-state index in [1.807, 2.05) is 30.4 Å². The van der Waals surface area contributed by atoms with Gasteiger partial charge in [0.1, 0.15) is 18.6 Å². The number of nitrogens with zero attached hydrogens (tertiary/aromatic N) is 3. The molecule has 0 spiro atoms. The first-order valence-corrected chi connectivity index (χ1v) is 12.3. The highest BCUT2D eigenvalue weighted by Gasteiger charge is 2.42. The lowest BCUT2D eigenvalue weighted by Gasteiger charge is -2.18. The summed E-state index contributed by atoms with van der Waals surface area (Å²) in [7, 11) is 2.06. The summed E-state index contributed by atoms with van der Waals surface area (Å²) in [6.07, 6.45) is 9.56. The minimum atomic E-state index is -0.449. The van der Waals surface area contributed by atoms with Gasteiger partial charge in [0.15, 0.2) is 5.71 Å². The van der Waals surface area contributed by atoms with Crippen molar-refractivity contribution in [1.29, 1.82) is 0 Å². The summed E-state index contributed by atoms with van der Waals surface area (Å²) in [4.78, 5) is 21.3. The molecular weight excluding hydrogens is 494 g/mol. The molecular formula is C31H26N3O5+. The number of allylic oxidation sites excluding steroid dienone is 6. The lowest BCUT2D eigenvalue weighted by Crippen LogP contribution is -2.26. The molecule has 0 amide bonds. The molecule has 39 heavy (non-hydrogen) atoms. The second kappa shape index (κ2) is 9.98. The van der Waals surface area contributed by atoms with Gasteiger partial charge in [-0.05, 0) is 67.5 Å². The molecule has 0 atom stereocenters. The van der Waals surface area contributed by atoms with Gasteiger partial charge in [0, 0.05) is 47.5 Å². The van der Waals surface area contributed by atoms with Gasteiger partial charge in [0.25, 0.3) is 11.4 Å². The van der Waals surface area contributed by atoms with E-state index in [0.29, 0.717) is 17.1 Å². The van der Waals surface area contributed by atoms with Crippen LogP contribution in [-0.4, -0.2) is 27.2 Å². The second-order valence-electron chi connectivity index (χ2n) is 9.83. The summed E-state index contributed by atoms with van der Waals surface area (Å²) in [6, 6.07) is 20.8. The van der Waals surface area contributed by atoms with Crippen LogP contribution in [-0.2, 0) is 10.2 Å². The molecule has 194 valence electrons. The maximum absolute atomic E-state index is 11.1. The molecule has 2 heterocycles. The first-order chi connectivity index (χ1) is 18.6. The van der Waals surface area contributed by atoms with Gasteiger partial charge in [-0.25, -0.2) is 0 Å². The third kappa shape index (κ3) is 4.92. The molecule has 0 aliphatic carbocycles. The number of ether oxygens (including phenoxy) is 1. The number of nitro benzene ring substituents is 2. The molecule has 2 aliphatic heterocycles. The Kier molecular flexibility index (Phi) is 6.54. The normalized spacial score (nSPS) is 17.1. The number of fused-ring (bicyclic) bond motifs is 1. The zero-order valence-electron chi connectivity index (χ0n) is 21.7. The number of hydrogen-bond acceptors (Lipinski definition) is 5. The van der Waals surface area contributed by atoms with E-state index in [-0.39, 0.29) is 16.8 Å². The van der Waals surface area contributed by atoms with Gasteiger partial charge in [-0.2, -0.15) is 4.58 Å². The molecule has 2 aliphatic rings. The Hall–Kier alpha value is -5.11. The van der Waals surface area contributed by atoms with Crippen LogP contribution in [0, 0.1) is 20.2 Å². The molecule has 0 saturated carbocycles. The summed E-state index contributed by atoms with van der Waals surface area (Å²) in [6.45, 7) is 4.39. The van der Waals surface area contributed by atoms with E-state index in [2.05, 4.69) is 49.7 Å². The van der Waals surface area contributed by atoms with Crippen molar-refractivity contribution in [3.63, 3.8) is 0 Å². The molecule has 0 aromatic heterocycles. The lowest BCUT2D eigenvalue weighted by atomic mass is 9.81. The monoisotopic (exact) mass is 520 g/mol. The Morgan fingerprint density at radius 1 is 0.821 bits per heavy atom. The number of hydrogen-bond donors (Lipinski definition) is 0. The van der Waals surface area contributed by atoms with Crippen molar-refractivity contribution < 1.29 is 19.2 Å². The maximum Gasteiger partial charge on any atom is 0.269 e. The van der Waals surface area contributed by atoms with Crippen molar-refractivity contribution in [2.75, 3.05) is 7.05 Å². The van der Waals surface area contributed by atoms with Gasteiger partial charge in [0.2, 0.25) is 5.69 Å². The molecule has 8 nitrogen and oxygen atoms in total. The fourth-order valence-corrected chi connectivity index (χ4v) is 4.97. The second-order valence-corrected chi connectivity index (χ2v) is 9.83. The van der Waals surface area contributed by atoms with Gasteiger partial charge in [0.05, 0.1) is 15.3 Å². The van der Waals surface area contributed by atoms with Crippen molar-refractivity contribution in [3.8, 4) is 0 Å². The van der Waals surface area contributed by atoms with Crippen LogP contribution in [0.1, 0.15) is 30.5 Å². The summed E-state index contributed by atoms with van der Waals surface area (Å²) >= 11 is 0. The van der Waals surface area contributed by atoms with Crippen LogP contribution in [0.2, 0.25) is 0 Å². The Morgan fingerprint density at radius 3 is 2.00 bits per heavy atom. The van der Waals surface area contributed by atoms with Crippen LogP contribution in [0.25, 0.3) is 11.3 Å². The van der Waals surface area contributed by atoms with E-state index < -0.39 is 9.85 Å². The van der Waals surface area contributed by atoms with E-state index in [0.717, 1.165) is 16.8 Å². The van der Waals surface area contributed by atoms with Crippen LogP contribution in [0.3, 0.4) is 0 Å². The molecule has 8 heteroatoms. The highest BCUT2D eigenvalue weighted by atomic mass is 16.6. The van der Waals surface area contributed by atoms with E-state index in [9.17, 15) is 20.2 Å². The van der Waals surface area contributed by atoms with Crippen molar-refractivity contribution in [1.82, 2.24) is 0 Å². The SMILES string of the molecule is C[N+]1=C(/C=C/C=C2\C=C(c3ccc([N+](=O)[O-])cc3)C=C(c3ccc([N+](=O)[O-])cc3)O2)C(C)(C)c2ccccc21. The molecule has 0 N–H and O–H groups in total. The lowest BCUT2D eigenvalue weighted by molar-refractivity contribution is -0.401. The molecule has 5 rings (SSSR count). The molecule has 0 bridgehead atoms. The minimum absolute atomic E-state index is 0.00556. The van der Waals surface area contributed by atoms with Crippen molar-refractivity contribution in [2.45, 2.75) is 19.3 Å². The van der Waals surface area contributed by atoms with E-state index in [1.54, 1.807) is 24.3 Å². The topological polar surface area (TPSA) is 98.5 Å². The fourth-order valence-electron chi connectivity index (χ4n) is 4.97. The summed E-state index contributed by atoms with van der Waals surface area (Å²) in [5.74, 6) is 1.07. The van der Waals surface area contributed by atoms with Crippen molar-refractivity contribution in [2.24, 2.45) is 0 Å². The summed E-state index contributed by atoms with van der Waals surface area (Å²) in [5.41, 5.74) is 5.64. The quantitative estimate of drug-likeness (QED) is 0.196. The van der Waals surface area contributed by atoms with E-state index in [1.165, 1.54) is 35.5 Å². The number of rotatable bonds is 6. The third-order valence-corrected chi connectivity index (χ3v) is 7.04. The molecule has 0 unspecified atom stereocenters. The number of para-hydroxylation sites is 1. The average Bonchev–Trinajstić information content (AvgIpc) is 3.13. The van der Waals surface area contributed by atoms with Crippen LogP contribution < -0.4 is 0 Å². The summed E-state index contributed by atoms with van der Waals surface area (Å²) in [5, 5.41) is 22.2. The standard InChI is InChI=1S/C31H26N3O5/c1-31(2)27-8-4-5-9-28(27)32(3)30(31)10-6-7-26-19-23(21-11-15-24(16-12-21)33(35)36)20-29(39-26)22-13-17-25(18-14-22)34(37)38/h4-20H,1-3H3/q+1/b10-6+,26-7+. The predicted octanol–water partition coefficient (Wildman–Crippen LogP) is 7.10. The predicted molar refractivity (Wildman–Crippen MR) is 151 cm³/mol. The maximum atomic E-state index is 11.1. The highest BCUT2D eigenvalue weighted by Crippen LogP contribution is 2.39. The van der Waals surface area contributed by atoms with Crippen LogP contribution >= 0.6 is 0 Å². The average molecular weight is 521 g/mol. The largest absolute Gasteiger partial charge is 0.457 e. The van der Waals surface area contributed by atoms with Gasteiger partial charge in [-0.15, -0.1) is 0 Å². The smallest absolute Gasteiger partial charge is 0.269 e. The first kappa shape index (κ1) is 25.5. The Bertz CT molecular complexity index is 1640. The number of nitro groups is 2. The Balaban J connectivity index is 1.50. The van der Waals surface area contributed by atoms with Crippen LogP contribution in [0.15, 0.2) is 109 Å². The minimum Gasteiger partial charge on any atom is -0.457 e. The molecule has 0 saturated heterocycles. The van der Waals surface area contributed by atoms with Gasteiger partial charge in [-0.3, -0.25) is 20.2 Å². The van der Waals surface area contributed by atoms with Gasteiger partial charge < -0.3 is 4.74 Å². The molecule has 3 aromatic carbocycles.